The number of amides is 2. The minimum Gasteiger partial charge on any atom is -0.497 e. The molecule has 0 spiro atoms. The standard InChI is InChI=1S/C24H21NO5/c1-29-17-10-8-14(9-11-17)19(26)13-30-20-5-3-2-4-18(20)25-23(27)21-15-6-7-16(12-15)22(21)24(25)28/h2-11,15-16,21-22H,12-13H2,1H3/t15-,16-,21-,22+/m1/s1. The summed E-state index contributed by atoms with van der Waals surface area (Å²) in [6.07, 6.45) is 5.02. The first-order chi connectivity index (χ1) is 14.6. The number of hydrogen-bond acceptors (Lipinski definition) is 5. The number of benzene rings is 2. The minimum absolute atomic E-state index is 0.145. The van der Waals surface area contributed by atoms with Crippen LogP contribution in [0.1, 0.15) is 16.8 Å². The number of fused-ring (bicyclic) bond motifs is 5. The van der Waals surface area contributed by atoms with Gasteiger partial charge in [-0.3, -0.25) is 14.4 Å². The molecule has 0 aromatic heterocycles. The second-order valence-electron chi connectivity index (χ2n) is 7.92. The lowest BCUT2D eigenvalue weighted by molar-refractivity contribution is -0.123. The van der Waals surface area contributed by atoms with Gasteiger partial charge in [-0.05, 0) is 54.7 Å². The molecule has 3 aliphatic rings. The van der Waals surface area contributed by atoms with Crippen LogP contribution in [0.5, 0.6) is 11.5 Å². The number of ether oxygens (including phenoxy) is 2. The number of methoxy groups -OCH3 is 1. The van der Waals surface area contributed by atoms with Gasteiger partial charge in [0.15, 0.2) is 12.4 Å². The van der Waals surface area contributed by atoms with Gasteiger partial charge in [-0.15, -0.1) is 0 Å². The van der Waals surface area contributed by atoms with Crippen molar-refractivity contribution in [3.63, 3.8) is 0 Å². The third-order valence-corrected chi connectivity index (χ3v) is 6.35. The number of nitrogens with zero attached hydrogens (tertiary/aromatic N) is 1. The summed E-state index contributed by atoms with van der Waals surface area (Å²) in [5.41, 5.74) is 0.905. The zero-order valence-corrected chi connectivity index (χ0v) is 16.5. The van der Waals surface area contributed by atoms with Crippen LogP contribution in [0.3, 0.4) is 0 Å². The Morgan fingerprint density at radius 2 is 1.60 bits per heavy atom. The van der Waals surface area contributed by atoms with Gasteiger partial charge in [0.25, 0.3) is 0 Å². The van der Waals surface area contributed by atoms with E-state index in [1.165, 1.54) is 4.90 Å². The van der Waals surface area contributed by atoms with Gasteiger partial charge in [-0.25, -0.2) is 4.90 Å². The average molecular weight is 403 g/mol. The maximum Gasteiger partial charge on any atom is 0.238 e. The number of Topliss-reactive ketones (excluding diaryl/α,β-unsaturated/α-hetero) is 1. The summed E-state index contributed by atoms with van der Waals surface area (Å²) in [5.74, 6) is 0.212. The molecule has 30 heavy (non-hydrogen) atoms. The first-order valence-electron chi connectivity index (χ1n) is 10.0. The van der Waals surface area contributed by atoms with Crippen LogP contribution in [0.25, 0.3) is 0 Å². The van der Waals surface area contributed by atoms with Gasteiger partial charge in [0.1, 0.15) is 11.5 Å². The van der Waals surface area contributed by atoms with Crippen molar-refractivity contribution in [2.75, 3.05) is 18.6 Å². The van der Waals surface area contributed by atoms with E-state index in [2.05, 4.69) is 12.2 Å². The number of allylic oxidation sites excluding steroid dienone is 2. The molecular weight excluding hydrogens is 382 g/mol. The Balaban J connectivity index is 1.35. The molecule has 5 rings (SSSR count). The van der Waals surface area contributed by atoms with E-state index in [9.17, 15) is 14.4 Å². The van der Waals surface area contributed by atoms with Crippen LogP contribution in [0.15, 0.2) is 60.7 Å². The maximum absolute atomic E-state index is 13.1. The van der Waals surface area contributed by atoms with Crippen molar-refractivity contribution in [1.29, 1.82) is 0 Å². The van der Waals surface area contributed by atoms with E-state index in [1.54, 1.807) is 55.6 Å². The number of para-hydroxylation sites is 2. The number of hydrogen-bond donors (Lipinski definition) is 0. The van der Waals surface area contributed by atoms with E-state index < -0.39 is 0 Å². The summed E-state index contributed by atoms with van der Waals surface area (Å²) >= 11 is 0. The largest absolute Gasteiger partial charge is 0.497 e. The molecule has 1 aliphatic heterocycles. The van der Waals surface area contributed by atoms with Crippen molar-refractivity contribution in [1.82, 2.24) is 0 Å². The number of rotatable bonds is 6. The Bertz CT molecular complexity index is 1030. The molecule has 1 heterocycles. The molecule has 0 unspecified atom stereocenters. The average Bonchev–Trinajstić information content (AvgIpc) is 3.46. The van der Waals surface area contributed by atoms with Gasteiger partial charge in [0, 0.05) is 5.56 Å². The normalized spacial score (nSPS) is 26.2. The summed E-state index contributed by atoms with van der Waals surface area (Å²) in [7, 11) is 1.56. The van der Waals surface area contributed by atoms with Crippen LogP contribution >= 0.6 is 0 Å². The van der Waals surface area contributed by atoms with Crippen LogP contribution in [0, 0.1) is 23.7 Å². The third-order valence-electron chi connectivity index (χ3n) is 6.35. The van der Waals surface area contributed by atoms with Gasteiger partial charge >= 0.3 is 0 Å². The summed E-state index contributed by atoms with van der Waals surface area (Å²) in [5, 5.41) is 0. The molecule has 2 aromatic carbocycles. The SMILES string of the molecule is COc1ccc(C(=O)COc2ccccc2N2C(=O)[C@@H]3[C@H](C2=O)[C@@H]2C=C[C@@H]3C2)cc1. The zero-order valence-electron chi connectivity index (χ0n) is 16.5. The fourth-order valence-electron chi connectivity index (χ4n) is 4.91. The third kappa shape index (κ3) is 2.83. The van der Waals surface area contributed by atoms with Crippen molar-refractivity contribution in [2.24, 2.45) is 23.7 Å². The molecule has 2 aromatic rings. The molecule has 2 amide bonds. The Kier molecular flexibility index (Phi) is 4.42. The molecule has 2 bridgehead atoms. The molecule has 4 atom stereocenters. The predicted octanol–water partition coefficient (Wildman–Crippen LogP) is 3.27. The fraction of sp³-hybridized carbons (Fsp3) is 0.292. The summed E-state index contributed by atoms with van der Waals surface area (Å²) in [4.78, 5) is 40.0. The highest BCUT2D eigenvalue weighted by atomic mass is 16.5. The van der Waals surface area contributed by atoms with Crippen LogP contribution in [-0.4, -0.2) is 31.3 Å². The van der Waals surface area contributed by atoms with E-state index in [1.807, 2.05) is 0 Å². The number of anilines is 1. The summed E-state index contributed by atoms with van der Waals surface area (Å²) in [6, 6.07) is 13.7. The Morgan fingerprint density at radius 1 is 0.967 bits per heavy atom. The van der Waals surface area contributed by atoms with Crippen molar-refractivity contribution >= 4 is 23.3 Å². The fourth-order valence-corrected chi connectivity index (χ4v) is 4.91. The van der Waals surface area contributed by atoms with E-state index in [4.69, 9.17) is 9.47 Å². The van der Waals surface area contributed by atoms with Gasteiger partial charge in [-0.2, -0.15) is 0 Å². The van der Waals surface area contributed by atoms with Gasteiger partial charge in [0.05, 0.1) is 24.6 Å². The zero-order chi connectivity index (χ0) is 20.8. The van der Waals surface area contributed by atoms with Crippen molar-refractivity contribution < 1.29 is 23.9 Å². The Morgan fingerprint density at radius 3 is 2.23 bits per heavy atom. The quantitative estimate of drug-likeness (QED) is 0.421. The van der Waals surface area contributed by atoms with Crippen LogP contribution < -0.4 is 14.4 Å². The second-order valence-corrected chi connectivity index (χ2v) is 7.92. The van der Waals surface area contributed by atoms with Crippen molar-refractivity contribution in [2.45, 2.75) is 6.42 Å². The number of carbonyl (C=O) groups is 3. The van der Waals surface area contributed by atoms with Crippen molar-refractivity contribution in [3.05, 3.63) is 66.2 Å². The topological polar surface area (TPSA) is 72.9 Å². The summed E-state index contributed by atoms with van der Waals surface area (Å²) in [6.45, 7) is -0.195. The van der Waals surface area contributed by atoms with E-state index in [0.717, 1.165) is 6.42 Å². The molecular formula is C24H21NO5. The lowest BCUT2D eigenvalue weighted by atomic mass is 9.85. The van der Waals surface area contributed by atoms with E-state index >= 15 is 0 Å². The monoisotopic (exact) mass is 403 g/mol. The highest BCUT2D eigenvalue weighted by molar-refractivity contribution is 6.23. The first kappa shape index (κ1) is 18.6. The maximum atomic E-state index is 13.1. The Labute approximate surface area is 174 Å². The molecule has 2 aliphatic carbocycles. The molecule has 6 nitrogen and oxygen atoms in total. The minimum atomic E-state index is -0.276. The second kappa shape index (κ2) is 7.13. The lowest BCUT2D eigenvalue weighted by Crippen LogP contribution is -2.33. The molecule has 6 heteroatoms. The van der Waals surface area contributed by atoms with Gasteiger partial charge in [0.2, 0.25) is 11.8 Å². The molecule has 1 saturated heterocycles. The number of carbonyl (C=O) groups excluding carboxylic acids is 3. The first-order valence-corrected chi connectivity index (χ1v) is 10.0. The number of ketones is 1. The molecule has 2 fully saturated rings. The van der Waals surface area contributed by atoms with Gasteiger partial charge < -0.3 is 9.47 Å². The van der Waals surface area contributed by atoms with Crippen LogP contribution in [-0.2, 0) is 9.59 Å². The highest BCUT2D eigenvalue weighted by Gasteiger charge is 2.59. The smallest absolute Gasteiger partial charge is 0.238 e. The molecule has 1 saturated carbocycles. The highest BCUT2D eigenvalue weighted by Crippen LogP contribution is 2.53. The Hall–Kier alpha value is -3.41. The molecule has 0 N–H and O–H groups in total. The van der Waals surface area contributed by atoms with Crippen molar-refractivity contribution in [3.8, 4) is 11.5 Å². The lowest BCUT2D eigenvalue weighted by Gasteiger charge is -2.20. The summed E-state index contributed by atoms with van der Waals surface area (Å²) < 4.78 is 10.9. The predicted molar refractivity (Wildman–Crippen MR) is 109 cm³/mol. The molecule has 0 radical (unpaired) electrons. The molecule has 152 valence electrons. The van der Waals surface area contributed by atoms with Gasteiger partial charge in [-0.1, -0.05) is 24.3 Å². The van der Waals surface area contributed by atoms with E-state index in [-0.39, 0.29) is 47.9 Å². The van der Waals surface area contributed by atoms with E-state index in [0.29, 0.717) is 22.7 Å². The van der Waals surface area contributed by atoms with Crippen LogP contribution in [0.4, 0.5) is 5.69 Å². The van der Waals surface area contributed by atoms with Crippen LogP contribution in [0.2, 0.25) is 0 Å². The number of imide groups is 1.